The molecule has 33 heavy (non-hydrogen) atoms. The zero-order valence-corrected chi connectivity index (χ0v) is 18.3. The Morgan fingerprint density at radius 1 is 1.18 bits per heavy atom. The van der Waals surface area contributed by atoms with Gasteiger partial charge in [-0.15, -0.1) is 0 Å². The minimum atomic E-state index is -2.79. The van der Waals surface area contributed by atoms with Crippen molar-refractivity contribution in [2.75, 3.05) is 51.7 Å². The lowest BCUT2D eigenvalue weighted by Crippen LogP contribution is -2.44. The number of hydrogen-bond acceptors (Lipinski definition) is 9. The summed E-state index contributed by atoms with van der Waals surface area (Å²) in [5.41, 5.74) is 6.95. The van der Waals surface area contributed by atoms with E-state index in [0.29, 0.717) is 30.8 Å². The number of ether oxygens (including phenoxy) is 2. The van der Waals surface area contributed by atoms with Crippen molar-refractivity contribution < 1.29 is 28.5 Å². The van der Waals surface area contributed by atoms with Gasteiger partial charge in [0, 0.05) is 32.1 Å². The summed E-state index contributed by atoms with van der Waals surface area (Å²) in [4.78, 5) is 7.86. The molecule has 0 unspecified atom stereocenters. The Morgan fingerprint density at radius 3 is 2.76 bits per heavy atom. The third-order valence-electron chi connectivity index (χ3n) is 6.95. The largest absolute Gasteiger partial charge is 0.388 e. The van der Waals surface area contributed by atoms with Gasteiger partial charge in [0.1, 0.15) is 30.2 Å². The molecule has 10 nitrogen and oxygen atoms in total. The highest BCUT2D eigenvalue weighted by Gasteiger charge is 2.50. The number of rotatable bonds is 6. The van der Waals surface area contributed by atoms with Gasteiger partial charge in [-0.2, -0.15) is 5.10 Å². The molecule has 0 aliphatic carbocycles. The summed E-state index contributed by atoms with van der Waals surface area (Å²) in [5.74, 6) is -2.51. The van der Waals surface area contributed by atoms with Crippen LogP contribution in [0.3, 0.4) is 0 Å². The van der Waals surface area contributed by atoms with Crippen LogP contribution in [0.2, 0.25) is 0 Å². The number of nitrogens with two attached hydrogens (primary N) is 1. The van der Waals surface area contributed by atoms with Gasteiger partial charge in [-0.1, -0.05) is 0 Å². The molecule has 5 rings (SSSR count). The molecular weight excluding hydrogens is 438 g/mol. The number of aliphatic hydroxyl groups is 2. The lowest BCUT2D eigenvalue weighted by Gasteiger charge is -2.31. The summed E-state index contributed by atoms with van der Waals surface area (Å²) >= 11 is 0. The fourth-order valence-corrected chi connectivity index (χ4v) is 5.18. The van der Waals surface area contributed by atoms with Gasteiger partial charge in [-0.05, 0) is 25.1 Å². The van der Waals surface area contributed by atoms with Crippen LogP contribution in [0.4, 0.5) is 14.6 Å². The Bertz CT molecular complexity index is 971. The predicted octanol–water partition coefficient (Wildman–Crippen LogP) is -0.0949. The molecule has 0 radical (unpaired) electrons. The second-order valence-electron chi connectivity index (χ2n) is 9.16. The van der Waals surface area contributed by atoms with Crippen LogP contribution in [-0.4, -0.2) is 111 Å². The van der Waals surface area contributed by atoms with Crippen LogP contribution in [0.25, 0.3) is 5.52 Å². The molecule has 12 heteroatoms. The first-order valence-electron chi connectivity index (χ1n) is 11.3. The molecule has 0 amide bonds. The lowest BCUT2D eigenvalue weighted by molar-refractivity contribution is -0.0264. The van der Waals surface area contributed by atoms with Gasteiger partial charge in [-0.25, -0.2) is 18.3 Å². The van der Waals surface area contributed by atoms with E-state index in [2.05, 4.69) is 15.0 Å². The van der Waals surface area contributed by atoms with Gasteiger partial charge >= 0.3 is 0 Å². The second-order valence-corrected chi connectivity index (χ2v) is 9.16. The molecule has 182 valence electrons. The minimum absolute atomic E-state index is 0.110. The fourth-order valence-electron chi connectivity index (χ4n) is 5.18. The third-order valence-corrected chi connectivity index (χ3v) is 6.95. The number of aliphatic hydroxyl groups excluding tert-OH is 2. The molecule has 0 bridgehead atoms. The Kier molecular flexibility index (Phi) is 6.23. The van der Waals surface area contributed by atoms with Crippen LogP contribution >= 0.6 is 0 Å². The van der Waals surface area contributed by atoms with Gasteiger partial charge in [0.2, 0.25) is 0 Å². The van der Waals surface area contributed by atoms with E-state index in [1.54, 1.807) is 17.0 Å². The van der Waals surface area contributed by atoms with E-state index in [9.17, 15) is 19.0 Å². The highest BCUT2D eigenvalue weighted by molar-refractivity contribution is 5.65. The molecule has 3 aliphatic heterocycles. The molecule has 0 aromatic carbocycles. The summed E-state index contributed by atoms with van der Waals surface area (Å²) in [7, 11) is 0. The molecule has 2 aromatic heterocycles. The molecule has 0 saturated carbocycles. The SMILES string of the molecule is Nc1ncnn2c([C@@H]3O[C@H](CN4CC(F)(F)C[C@H]4CCN4CCOCC4)[C@@H](O)[C@H]3O)ccc12. The lowest BCUT2D eigenvalue weighted by atomic mass is 10.0. The van der Waals surface area contributed by atoms with E-state index in [0.717, 1.165) is 19.6 Å². The van der Waals surface area contributed by atoms with Gasteiger partial charge < -0.3 is 25.4 Å². The monoisotopic (exact) mass is 468 g/mol. The van der Waals surface area contributed by atoms with Crippen molar-refractivity contribution >= 4 is 11.3 Å². The molecule has 3 saturated heterocycles. The molecule has 4 N–H and O–H groups in total. The van der Waals surface area contributed by atoms with Crippen molar-refractivity contribution in [1.29, 1.82) is 0 Å². The number of likely N-dealkylation sites (tertiary alicyclic amines) is 1. The highest BCUT2D eigenvalue weighted by Crippen LogP contribution is 2.38. The number of alkyl halides is 2. The average Bonchev–Trinajstić information content (AvgIpc) is 3.43. The summed E-state index contributed by atoms with van der Waals surface area (Å²) < 4.78 is 41.5. The maximum Gasteiger partial charge on any atom is 0.262 e. The van der Waals surface area contributed by atoms with Crippen molar-refractivity contribution in [1.82, 2.24) is 24.4 Å². The van der Waals surface area contributed by atoms with Crippen molar-refractivity contribution in [2.24, 2.45) is 0 Å². The van der Waals surface area contributed by atoms with Crippen LogP contribution in [0.5, 0.6) is 0 Å². The fraction of sp³-hybridized carbons (Fsp3) is 0.714. The number of hydrogen-bond donors (Lipinski definition) is 3. The summed E-state index contributed by atoms with van der Waals surface area (Å²) in [6.07, 6.45) is -2.43. The van der Waals surface area contributed by atoms with E-state index in [1.165, 1.54) is 10.8 Å². The molecular formula is C21H30F2N6O4. The summed E-state index contributed by atoms with van der Waals surface area (Å²) in [6, 6.07) is 3.10. The summed E-state index contributed by atoms with van der Waals surface area (Å²) in [6.45, 7) is 3.39. The van der Waals surface area contributed by atoms with E-state index in [4.69, 9.17) is 15.2 Å². The number of aromatic nitrogens is 3. The van der Waals surface area contributed by atoms with Crippen LogP contribution in [0.15, 0.2) is 18.5 Å². The molecule has 2 aromatic rings. The maximum atomic E-state index is 14.3. The van der Waals surface area contributed by atoms with Gasteiger partial charge in [0.25, 0.3) is 5.92 Å². The average molecular weight is 469 g/mol. The van der Waals surface area contributed by atoms with E-state index >= 15 is 0 Å². The molecule has 0 spiro atoms. The van der Waals surface area contributed by atoms with Crippen LogP contribution < -0.4 is 5.73 Å². The second kappa shape index (κ2) is 9.01. The van der Waals surface area contributed by atoms with Crippen molar-refractivity contribution in [3.63, 3.8) is 0 Å². The Labute approximate surface area is 189 Å². The predicted molar refractivity (Wildman–Crippen MR) is 114 cm³/mol. The molecule has 5 heterocycles. The Hall–Kier alpha value is -1.96. The van der Waals surface area contributed by atoms with Crippen molar-refractivity contribution in [3.05, 3.63) is 24.2 Å². The first-order chi connectivity index (χ1) is 15.8. The van der Waals surface area contributed by atoms with Crippen molar-refractivity contribution in [2.45, 2.75) is 49.2 Å². The standard InChI is InChI=1S/C21H30F2N6O4/c22-21(23)9-13(3-4-27-5-7-32-8-6-27)28(11-21)10-16-17(30)18(31)19(33-16)14-1-2-15-20(24)25-12-26-29(14)15/h1-2,12-13,16-19,30-31H,3-11H2,(H2,24,25,26)/t13-,16-,17-,18-,19+/m1/s1. The zero-order chi connectivity index (χ0) is 23.2. The summed E-state index contributed by atoms with van der Waals surface area (Å²) in [5, 5.41) is 25.5. The Balaban J connectivity index is 1.27. The Morgan fingerprint density at radius 2 is 1.97 bits per heavy atom. The van der Waals surface area contributed by atoms with Gasteiger partial charge in [0.05, 0.1) is 31.6 Å². The van der Waals surface area contributed by atoms with Crippen molar-refractivity contribution in [3.8, 4) is 0 Å². The number of fused-ring (bicyclic) bond motifs is 1. The first-order valence-corrected chi connectivity index (χ1v) is 11.3. The zero-order valence-electron chi connectivity index (χ0n) is 18.3. The van der Waals surface area contributed by atoms with Gasteiger partial charge in [0.15, 0.2) is 5.82 Å². The minimum Gasteiger partial charge on any atom is -0.388 e. The number of halogens is 2. The molecule has 5 atom stereocenters. The van der Waals surface area contributed by atoms with Crippen LogP contribution in [0.1, 0.15) is 24.6 Å². The van der Waals surface area contributed by atoms with E-state index in [1.807, 2.05) is 0 Å². The number of nitrogen functional groups attached to an aromatic ring is 1. The highest BCUT2D eigenvalue weighted by atomic mass is 19.3. The number of anilines is 1. The quantitative estimate of drug-likeness (QED) is 0.534. The molecule has 3 fully saturated rings. The first kappa shape index (κ1) is 22.8. The van der Waals surface area contributed by atoms with Crippen LogP contribution in [0, 0.1) is 0 Å². The van der Waals surface area contributed by atoms with Crippen LogP contribution in [-0.2, 0) is 9.47 Å². The smallest absolute Gasteiger partial charge is 0.262 e. The van der Waals surface area contributed by atoms with E-state index < -0.39 is 30.3 Å². The number of nitrogens with zero attached hydrogens (tertiary/aromatic N) is 5. The maximum absolute atomic E-state index is 14.3. The third kappa shape index (κ3) is 4.55. The van der Waals surface area contributed by atoms with E-state index in [-0.39, 0.29) is 31.4 Å². The number of morpholine rings is 1. The van der Waals surface area contributed by atoms with Gasteiger partial charge in [-0.3, -0.25) is 9.80 Å². The topological polar surface area (TPSA) is 122 Å². The molecule has 3 aliphatic rings. The normalized spacial score (nSPS) is 33.3.